The van der Waals surface area contributed by atoms with Crippen LogP contribution in [0.3, 0.4) is 0 Å². The maximum Gasteiger partial charge on any atom is 0.235 e. The van der Waals surface area contributed by atoms with E-state index in [0.29, 0.717) is 16.7 Å². The third kappa shape index (κ3) is 3.33. The van der Waals surface area contributed by atoms with Gasteiger partial charge in [-0.15, -0.1) is 0 Å². The van der Waals surface area contributed by atoms with Crippen molar-refractivity contribution in [2.24, 2.45) is 0 Å². The number of hydrogen-bond donors (Lipinski definition) is 0. The number of fused-ring (bicyclic) bond motifs is 1. The Hall–Kier alpha value is -2.88. The number of carbonyl (C=O) groups is 1. The smallest absolute Gasteiger partial charge is 0.235 e. The van der Waals surface area contributed by atoms with E-state index >= 15 is 0 Å². The maximum absolute atomic E-state index is 13.0. The number of benzene rings is 2. The van der Waals surface area contributed by atoms with Gasteiger partial charge in [0.15, 0.2) is 11.5 Å². The van der Waals surface area contributed by atoms with Crippen LogP contribution in [0.15, 0.2) is 45.6 Å². The lowest BCUT2D eigenvalue weighted by Crippen LogP contribution is -2.15. The predicted molar refractivity (Wildman–Crippen MR) is 98.3 cm³/mol. The molecule has 2 aromatic carbocycles. The lowest BCUT2D eigenvalue weighted by atomic mass is 10.0. The van der Waals surface area contributed by atoms with E-state index in [1.165, 1.54) is 6.92 Å². The van der Waals surface area contributed by atoms with Gasteiger partial charge < -0.3 is 9.15 Å². The monoisotopic (exact) mass is 336 g/mol. The SMILES string of the molecule is CC(=O)COc1c(-c2ccc(C)cc2)oc2cc(C)cc(C)c2c1=O. The Bertz CT molecular complexity index is 1010. The van der Waals surface area contributed by atoms with Crippen LogP contribution in [-0.2, 0) is 4.79 Å². The summed E-state index contributed by atoms with van der Waals surface area (Å²) < 4.78 is 11.6. The molecule has 0 fully saturated rings. The highest BCUT2D eigenvalue weighted by Gasteiger charge is 2.19. The fourth-order valence-corrected chi connectivity index (χ4v) is 2.87. The van der Waals surface area contributed by atoms with E-state index in [2.05, 4.69) is 0 Å². The van der Waals surface area contributed by atoms with Crippen LogP contribution >= 0.6 is 0 Å². The van der Waals surface area contributed by atoms with Gasteiger partial charge in [0.1, 0.15) is 12.2 Å². The summed E-state index contributed by atoms with van der Waals surface area (Å²) in [4.78, 5) is 24.4. The highest BCUT2D eigenvalue weighted by atomic mass is 16.5. The van der Waals surface area contributed by atoms with E-state index in [-0.39, 0.29) is 23.6 Å². The Morgan fingerprint density at radius 1 is 1.04 bits per heavy atom. The van der Waals surface area contributed by atoms with E-state index in [1.54, 1.807) is 0 Å². The second-order valence-electron chi connectivity index (χ2n) is 6.40. The fourth-order valence-electron chi connectivity index (χ4n) is 2.87. The number of Topliss-reactive ketones (excluding diaryl/α,β-unsaturated/α-hetero) is 1. The Balaban J connectivity index is 2.32. The van der Waals surface area contributed by atoms with E-state index in [4.69, 9.17) is 9.15 Å². The van der Waals surface area contributed by atoms with Gasteiger partial charge in [0.05, 0.1) is 5.39 Å². The van der Waals surface area contributed by atoms with Crippen LogP contribution < -0.4 is 10.2 Å². The highest BCUT2D eigenvalue weighted by Crippen LogP contribution is 2.32. The largest absolute Gasteiger partial charge is 0.478 e. The molecular formula is C21H20O4. The Morgan fingerprint density at radius 2 is 1.72 bits per heavy atom. The fraction of sp³-hybridized carbons (Fsp3) is 0.238. The molecule has 0 amide bonds. The van der Waals surface area contributed by atoms with Crippen molar-refractivity contribution in [2.75, 3.05) is 6.61 Å². The van der Waals surface area contributed by atoms with Gasteiger partial charge in [-0.2, -0.15) is 0 Å². The van der Waals surface area contributed by atoms with Crippen LogP contribution in [0, 0.1) is 20.8 Å². The summed E-state index contributed by atoms with van der Waals surface area (Å²) in [6, 6.07) is 11.4. The summed E-state index contributed by atoms with van der Waals surface area (Å²) in [5.74, 6) is 0.275. The summed E-state index contributed by atoms with van der Waals surface area (Å²) in [5, 5.41) is 0.486. The number of ketones is 1. The second-order valence-corrected chi connectivity index (χ2v) is 6.40. The third-order valence-electron chi connectivity index (χ3n) is 4.03. The first-order chi connectivity index (χ1) is 11.9. The predicted octanol–water partition coefficient (Wildman–Crippen LogP) is 4.35. The topological polar surface area (TPSA) is 56.5 Å². The molecule has 0 radical (unpaired) electrons. The molecule has 128 valence electrons. The molecule has 3 rings (SSSR count). The first-order valence-corrected chi connectivity index (χ1v) is 8.14. The van der Waals surface area contributed by atoms with Crippen molar-refractivity contribution in [3.63, 3.8) is 0 Å². The summed E-state index contributed by atoms with van der Waals surface area (Å²) in [5.41, 5.74) is 3.95. The molecule has 1 aromatic heterocycles. The number of rotatable bonds is 4. The normalized spacial score (nSPS) is 10.9. The molecular weight excluding hydrogens is 316 g/mol. The Morgan fingerprint density at radius 3 is 2.36 bits per heavy atom. The molecule has 0 atom stereocenters. The lowest BCUT2D eigenvalue weighted by molar-refractivity contribution is -0.118. The van der Waals surface area contributed by atoms with Gasteiger partial charge in [-0.05, 0) is 44.9 Å². The molecule has 0 saturated heterocycles. The van der Waals surface area contributed by atoms with Gasteiger partial charge in [-0.1, -0.05) is 35.9 Å². The second kappa shape index (κ2) is 6.55. The average molecular weight is 336 g/mol. The van der Waals surface area contributed by atoms with Crippen LogP contribution in [0.5, 0.6) is 5.75 Å². The van der Waals surface area contributed by atoms with Crippen LogP contribution in [-0.4, -0.2) is 12.4 Å². The average Bonchev–Trinajstić information content (AvgIpc) is 2.53. The van der Waals surface area contributed by atoms with Gasteiger partial charge in [0.2, 0.25) is 11.2 Å². The summed E-state index contributed by atoms with van der Waals surface area (Å²) in [6.07, 6.45) is 0. The summed E-state index contributed by atoms with van der Waals surface area (Å²) in [7, 11) is 0. The molecule has 0 aliphatic heterocycles. The van der Waals surface area contributed by atoms with E-state index in [1.807, 2.05) is 57.2 Å². The van der Waals surface area contributed by atoms with Crippen molar-refractivity contribution in [1.29, 1.82) is 0 Å². The molecule has 0 N–H and O–H groups in total. The first kappa shape index (κ1) is 17.0. The zero-order valence-electron chi connectivity index (χ0n) is 14.8. The molecule has 0 aliphatic carbocycles. The Labute approximate surface area is 146 Å². The van der Waals surface area contributed by atoms with E-state index in [9.17, 15) is 9.59 Å². The molecule has 0 unspecified atom stereocenters. The van der Waals surface area contributed by atoms with E-state index in [0.717, 1.165) is 22.3 Å². The summed E-state index contributed by atoms with van der Waals surface area (Å²) in [6.45, 7) is 7.06. The molecule has 0 aliphatic rings. The van der Waals surface area contributed by atoms with Crippen molar-refractivity contribution in [2.45, 2.75) is 27.7 Å². The minimum absolute atomic E-state index is 0.0820. The van der Waals surface area contributed by atoms with Crippen molar-refractivity contribution < 1.29 is 13.9 Å². The van der Waals surface area contributed by atoms with Crippen LogP contribution in [0.1, 0.15) is 23.6 Å². The first-order valence-electron chi connectivity index (χ1n) is 8.14. The highest BCUT2D eigenvalue weighted by molar-refractivity contribution is 5.85. The molecule has 3 aromatic rings. The van der Waals surface area contributed by atoms with Crippen LogP contribution in [0.25, 0.3) is 22.3 Å². The molecule has 4 heteroatoms. The minimum Gasteiger partial charge on any atom is -0.478 e. The van der Waals surface area contributed by atoms with Crippen LogP contribution in [0.4, 0.5) is 0 Å². The van der Waals surface area contributed by atoms with Crippen LogP contribution in [0.2, 0.25) is 0 Å². The van der Waals surface area contributed by atoms with Crippen molar-refractivity contribution >= 4 is 16.8 Å². The summed E-state index contributed by atoms with van der Waals surface area (Å²) >= 11 is 0. The van der Waals surface area contributed by atoms with Gasteiger partial charge >= 0.3 is 0 Å². The zero-order chi connectivity index (χ0) is 18.1. The molecule has 0 saturated carbocycles. The van der Waals surface area contributed by atoms with Gasteiger partial charge in [0, 0.05) is 5.56 Å². The number of ether oxygens (including phenoxy) is 1. The standard InChI is InChI=1S/C21H20O4/c1-12-5-7-16(8-6-12)20-21(24-11-15(4)22)19(23)18-14(3)9-13(2)10-17(18)25-20/h5-10H,11H2,1-4H3. The maximum atomic E-state index is 13.0. The molecule has 25 heavy (non-hydrogen) atoms. The zero-order valence-corrected chi connectivity index (χ0v) is 14.8. The van der Waals surface area contributed by atoms with Gasteiger partial charge in [-0.3, -0.25) is 9.59 Å². The van der Waals surface area contributed by atoms with Crippen molar-refractivity contribution in [3.05, 3.63) is 63.3 Å². The van der Waals surface area contributed by atoms with E-state index < -0.39 is 0 Å². The quantitative estimate of drug-likeness (QED) is 0.710. The molecule has 0 spiro atoms. The molecule has 4 nitrogen and oxygen atoms in total. The van der Waals surface area contributed by atoms with Crippen molar-refractivity contribution in [1.82, 2.24) is 0 Å². The molecule has 0 bridgehead atoms. The minimum atomic E-state index is -0.254. The Kier molecular flexibility index (Phi) is 4.45. The number of aryl methyl sites for hydroxylation is 3. The molecule has 1 heterocycles. The van der Waals surface area contributed by atoms with Gasteiger partial charge in [-0.25, -0.2) is 0 Å². The number of carbonyl (C=O) groups excluding carboxylic acids is 1. The lowest BCUT2D eigenvalue weighted by Gasteiger charge is -2.12. The van der Waals surface area contributed by atoms with Crippen molar-refractivity contribution in [3.8, 4) is 17.1 Å². The number of hydrogen-bond acceptors (Lipinski definition) is 4. The van der Waals surface area contributed by atoms with Gasteiger partial charge in [0.25, 0.3) is 0 Å². The third-order valence-corrected chi connectivity index (χ3v) is 4.03.